The lowest BCUT2D eigenvalue weighted by atomic mass is 9.91. The van der Waals surface area contributed by atoms with Crippen LogP contribution in [0.25, 0.3) is 0 Å². The Bertz CT molecular complexity index is 217. The number of carbonyl (C=O) groups is 1. The molecule has 14 heavy (non-hydrogen) atoms. The van der Waals surface area contributed by atoms with Gasteiger partial charge >= 0.3 is 0 Å². The summed E-state index contributed by atoms with van der Waals surface area (Å²) in [6, 6.07) is 0.836. The number of hydrogen-bond donors (Lipinski definition) is 1. The normalized spacial score (nSPS) is 35.9. The Kier molecular flexibility index (Phi) is 3.19. The molecule has 0 aromatic carbocycles. The monoisotopic (exact) mass is 196 g/mol. The lowest BCUT2D eigenvalue weighted by Crippen LogP contribution is -2.49. The van der Waals surface area contributed by atoms with Crippen molar-refractivity contribution in [3.8, 4) is 0 Å². The van der Waals surface area contributed by atoms with Gasteiger partial charge in [-0.2, -0.15) is 0 Å². The van der Waals surface area contributed by atoms with Crippen molar-refractivity contribution in [3.63, 3.8) is 0 Å². The number of ketones is 1. The summed E-state index contributed by atoms with van der Waals surface area (Å²) in [5.41, 5.74) is 5.94. The van der Waals surface area contributed by atoms with Gasteiger partial charge in [-0.25, -0.2) is 0 Å². The van der Waals surface area contributed by atoms with Crippen LogP contribution in [0, 0.1) is 0 Å². The summed E-state index contributed by atoms with van der Waals surface area (Å²) in [4.78, 5) is 13.8. The predicted molar refractivity (Wildman–Crippen MR) is 56.0 cm³/mol. The molecule has 0 radical (unpaired) electrons. The summed E-state index contributed by atoms with van der Waals surface area (Å²) in [6.07, 6.45) is 6.19. The molecule has 80 valence electrons. The van der Waals surface area contributed by atoms with E-state index in [0.29, 0.717) is 17.9 Å². The Morgan fingerprint density at radius 1 is 1.29 bits per heavy atom. The molecule has 0 amide bonds. The van der Waals surface area contributed by atoms with Crippen LogP contribution in [-0.4, -0.2) is 35.9 Å². The van der Waals surface area contributed by atoms with Gasteiger partial charge in [-0.1, -0.05) is 0 Å². The minimum atomic E-state index is 0.334. The second kappa shape index (κ2) is 4.41. The lowest BCUT2D eigenvalue weighted by Gasteiger charge is -2.38. The van der Waals surface area contributed by atoms with Crippen LogP contribution >= 0.6 is 0 Å². The molecule has 2 rings (SSSR count). The van der Waals surface area contributed by atoms with Crippen molar-refractivity contribution in [2.24, 2.45) is 5.73 Å². The van der Waals surface area contributed by atoms with E-state index in [1.807, 2.05) is 0 Å². The number of nitrogens with two attached hydrogens (primary N) is 1. The largest absolute Gasteiger partial charge is 0.327 e. The third kappa shape index (κ3) is 2.34. The minimum absolute atomic E-state index is 0.334. The molecule has 2 atom stereocenters. The molecular formula is C11H20N2O. The zero-order valence-electron chi connectivity index (χ0n) is 8.74. The van der Waals surface area contributed by atoms with Gasteiger partial charge in [0, 0.05) is 31.5 Å². The number of Topliss-reactive ketones (excluding diaryl/α,β-unsaturated/α-hetero) is 1. The van der Waals surface area contributed by atoms with Gasteiger partial charge in [0.25, 0.3) is 0 Å². The molecular weight excluding hydrogens is 176 g/mol. The van der Waals surface area contributed by atoms with E-state index in [1.165, 1.54) is 12.8 Å². The van der Waals surface area contributed by atoms with Crippen molar-refractivity contribution in [3.05, 3.63) is 0 Å². The van der Waals surface area contributed by atoms with Crippen LogP contribution in [0.15, 0.2) is 0 Å². The fraction of sp³-hybridized carbons (Fsp3) is 0.909. The van der Waals surface area contributed by atoms with Crippen LogP contribution < -0.4 is 5.73 Å². The van der Waals surface area contributed by atoms with E-state index in [4.69, 9.17) is 5.73 Å². The van der Waals surface area contributed by atoms with Gasteiger partial charge < -0.3 is 5.73 Å². The first-order chi connectivity index (χ1) is 6.75. The van der Waals surface area contributed by atoms with Gasteiger partial charge in [-0.05, 0) is 32.2 Å². The quantitative estimate of drug-likeness (QED) is 0.678. The molecule has 0 bridgehead atoms. The third-order valence-corrected chi connectivity index (χ3v) is 3.46. The maximum atomic E-state index is 11.3. The van der Waals surface area contributed by atoms with Crippen LogP contribution in [0.3, 0.4) is 0 Å². The summed E-state index contributed by atoms with van der Waals surface area (Å²) in [6.45, 7) is 2.14. The fourth-order valence-corrected chi connectivity index (χ4v) is 2.69. The van der Waals surface area contributed by atoms with E-state index >= 15 is 0 Å². The van der Waals surface area contributed by atoms with Crippen molar-refractivity contribution < 1.29 is 4.79 Å². The van der Waals surface area contributed by atoms with E-state index in [2.05, 4.69) is 4.90 Å². The summed E-state index contributed by atoms with van der Waals surface area (Å²) >= 11 is 0. The number of rotatable bonds is 1. The van der Waals surface area contributed by atoms with E-state index in [-0.39, 0.29) is 0 Å². The maximum absolute atomic E-state index is 11.3. The van der Waals surface area contributed by atoms with Crippen LogP contribution in [0.1, 0.15) is 38.5 Å². The first-order valence-electron chi connectivity index (χ1n) is 5.77. The highest BCUT2D eigenvalue weighted by Crippen LogP contribution is 2.23. The molecule has 0 aromatic rings. The molecule has 2 unspecified atom stereocenters. The van der Waals surface area contributed by atoms with Gasteiger partial charge in [-0.3, -0.25) is 9.69 Å². The molecule has 2 fully saturated rings. The highest BCUT2D eigenvalue weighted by Gasteiger charge is 2.27. The first kappa shape index (κ1) is 10.1. The molecule has 2 N–H and O–H groups in total. The third-order valence-electron chi connectivity index (χ3n) is 3.46. The first-order valence-corrected chi connectivity index (χ1v) is 5.77. The molecule has 1 aliphatic carbocycles. The molecule has 3 heteroatoms. The minimum Gasteiger partial charge on any atom is -0.327 e. The number of nitrogens with zero attached hydrogens (tertiary/aromatic N) is 1. The van der Waals surface area contributed by atoms with Crippen molar-refractivity contribution in [1.29, 1.82) is 0 Å². The lowest BCUT2D eigenvalue weighted by molar-refractivity contribution is -0.122. The van der Waals surface area contributed by atoms with E-state index in [9.17, 15) is 4.79 Å². The van der Waals surface area contributed by atoms with Crippen molar-refractivity contribution in [2.45, 2.75) is 50.6 Å². The van der Waals surface area contributed by atoms with Gasteiger partial charge in [-0.15, -0.1) is 0 Å². The standard InChI is InChI=1S/C11H20N2O/c12-9-3-2-6-13(8-9)10-4-1-5-11(14)7-10/h9-10H,1-8,12H2. The summed E-state index contributed by atoms with van der Waals surface area (Å²) in [5, 5.41) is 0. The van der Waals surface area contributed by atoms with Gasteiger partial charge in [0.1, 0.15) is 5.78 Å². The Labute approximate surface area is 85.6 Å². The molecule has 1 aliphatic heterocycles. The molecule has 0 aromatic heterocycles. The highest BCUT2D eigenvalue weighted by atomic mass is 16.1. The second-order valence-electron chi connectivity index (χ2n) is 4.69. The van der Waals surface area contributed by atoms with Crippen molar-refractivity contribution in [1.82, 2.24) is 4.90 Å². The van der Waals surface area contributed by atoms with E-state index < -0.39 is 0 Å². The Morgan fingerprint density at radius 3 is 2.86 bits per heavy atom. The number of piperidine rings is 1. The van der Waals surface area contributed by atoms with E-state index in [1.54, 1.807) is 0 Å². The topological polar surface area (TPSA) is 46.3 Å². The van der Waals surface area contributed by atoms with Gasteiger partial charge in [0.05, 0.1) is 0 Å². The molecule has 3 nitrogen and oxygen atoms in total. The van der Waals surface area contributed by atoms with Crippen LogP contribution in [0.5, 0.6) is 0 Å². The van der Waals surface area contributed by atoms with Gasteiger partial charge in [0.2, 0.25) is 0 Å². The van der Waals surface area contributed by atoms with Crippen LogP contribution in [-0.2, 0) is 4.79 Å². The molecule has 1 saturated carbocycles. The van der Waals surface area contributed by atoms with Gasteiger partial charge in [0.15, 0.2) is 0 Å². The molecule has 1 saturated heterocycles. The zero-order chi connectivity index (χ0) is 9.97. The van der Waals surface area contributed by atoms with Crippen molar-refractivity contribution >= 4 is 5.78 Å². The second-order valence-corrected chi connectivity index (χ2v) is 4.69. The fourth-order valence-electron chi connectivity index (χ4n) is 2.69. The molecule has 2 aliphatic rings. The van der Waals surface area contributed by atoms with E-state index in [0.717, 1.165) is 38.8 Å². The summed E-state index contributed by atoms with van der Waals surface area (Å²) in [5.74, 6) is 0.445. The van der Waals surface area contributed by atoms with Crippen molar-refractivity contribution in [2.75, 3.05) is 13.1 Å². The predicted octanol–water partition coefficient (Wildman–Crippen LogP) is 0.921. The maximum Gasteiger partial charge on any atom is 0.134 e. The number of hydrogen-bond acceptors (Lipinski definition) is 3. The number of likely N-dealkylation sites (tertiary alicyclic amines) is 1. The number of carbonyl (C=O) groups excluding carboxylic acids is 1. The van der Waals surface area contributed by atoms with Crippen LogP contribution in [0.4, 0.5) is 0 Å². The Balaban J connectivity index is 1.89. The van der Waals surface area contributed by atoms with Crippen LogP contribution in [0.2, 0.25) is 0 Å². The Hall–Kier alpha value is -0.410. The zero-order valence-corrected chi connectivity index (χ0v) is 8.74. The summed E-state index contributed by atoms with van der Waals surface area (Å²) < 4.78 is 0. The average Bonchev–Trinajstić information content (AvgIpc) is 2.18. The Morgan fingerprint density at radius 2 is 2.14 bits per heavy atom. The molecule has 0 spiro atoms. The average molecular weight is 196 g/mol. The highest BCUT2D eigenvalue weighted by molar-refractivity contribution is 5.79. The summed E-state index contributed by atoms with van der Waals surface area (Å²) in [7, 11) is 0. The smallest absolute Gasteiger partial charge is 0.134 e. The SMILES string of the molecule is NC1CCCN(C2CCCC(=O)C2)C1. The molecule has 1 heterocycles.